The molecule has 0 amide bonds. The second-order valence-electron chi connectivity index (χ2n) is 11.7. The molecule has 7 heteroatoms. The van der Waals surface area contributed by atoms with Crippen LogP contribution in [-0.2, 0) is 16.0 Å². The van der Waals surface area contributed by atoms with Crippen molar-refractivity contribution < 1.29 is 19.0 Å². The molecular weight excluding hydrogens is 526 g/mol. The maximum Gasteiger partial charge on any atom is 0.316 e. The van der Waals surface area contributed by atoms with E-state index < -0.39 is 11.7 Å². The van der Waals surface area contributed by atoms with Crippen LogP contribution in [0.25, 0.3) is 43.9 Å². The number of aryl methyl sites for hydroxylation is 1. The van der Waals surface area contributed by atoms with Crippen LogP contribution >= 0.6 is 0 Å². The Bertz CT molecular complexity index is 1810. The molecule has 5 aromatic rings. The van der Waals surface area contributed by atoms with Gasteiger partial charge in [0.25, 0.3) is 0 Å². The SMILES string of the molecule is CCOc1ncc(-c2ccc3c(-c4ccc5c6c(ccnc46)CCO5)c(C(OC(C)(C)C)C(C)=O)c(C)cc3c2)cn1. The van der Waals surface area contributed by atoms with Gasteiger partial charge >= 0.3 is 6.01 Å². The minimum Gasteiger partial charge on any atom is -0.493 e. The molecular formula is C35H35N3O4. The summed E-state index contributed by atoms with van der Waals surface area (Å²) in [6.45, 7) is 12.6. The van der Waals surface area contributed by atoms with Gasteiger partial charge in [-0.25, -0.2) is 9.97 Å². The van der Waals surface area contributed by atoms with E-state index in [-0.39, 0.29) is 5.78 Å². The van der Waals surface area contributed by atoms with Crippen molar-refractivity contribution in [3.05, 3.63) is 77.7 Å². The predicted octanol–water partition coefficient (Wildman–Crippen LogP) is 7.60. The van der Waals surface area contributed by atoms with Gasteiger partial charge in [0, 0.05) is 41.5 Å². The molecule has 6 rings (SSSR count). The zero-order chi connectivity index (χ0) is 29.6. The molecule has 1 atom stereocenters. The first-order valence-corrected chi connectivity index (χ1v) is 14.4. The van der Waals surface area contributed by atoms with E-state index in [9.17, 15) is 4.79 Å². The third-order valence-electron chi connectivity index (χ3n) is 7.56. The largest absolute Gasteiger partial charge is 0.493 e. The van der Waals surface area contributed by atoms with Crippen LogP contribution in [0, 0.1) is 6.92 Å². The van der Waals surface area contributed by atoms with E-state index in [4.69, 9.17) is 19.2 Å². The predicted molar refractivity (Wildman–Crippen MR) is 165 cm³/mol. The van der Waals surface area contributed by atoms with Gasteiger partial charge in [-0.3, -0.25) is 9.78 Å². The van der Waals surface area contributed by atoms with Crippen LogP contribution in [0.2, 0.25) is 0 Å². The van der Waals surface area contributed by atoms with Gasteiger partial charge < -0.3 is 14.2 Å². The van der Waals surface area contributed by atoms with E-state index in [1.807, 2.05) is 40.0 Å². The standard InChI is InChI=1S/C35H35N3O4/c1-7-40-34-37-18-25(19-38-34)23-8-9-26-24(17-23)16-20(2)29(33(21(3)39)42-35(4,5)6)31(26)27-10-11-28-30-22(13-15-41-28)12-14-36-32(27)30/h8-12,14,16-19,33H,7,13,15H2,1-6H3. The highest BCUT2D eigenvalue weighted by Gasteiger charge is 2.31. The number of aromatic nitrogens is 3. The number of hydrogen-bond acceptors (Lipinski definition) is 7. The van der Waals surface area contributed by atoms with Gasteiger partial charge in [0.1, 0.15) is 11.9 Å². The maximum atomic E-state index is 13.2. The van der Waals surface area contributed by atoms with E-state index in [0.717, 1.165) is 67.2 Å². The van der Waals surface area contributed by atoms with Crippen molar-refractivity contribution in [3.8, 4) is 34.0 Å². The summed E-state index contributed by atoms with van der Waals surface area (Å²) in [4.78, 5) is 26.8. The lowest BCUT2D eigenvalue weighted by Crippen LogP contribution is -2.27. The summed E-state index contributed by atoms with van der Waals surface area (Å²) in [7, 11) is 0. The molecule has 7 nitrogen and oxygen atoms in total. The van der Waals surface area contributed by atoms with Crippen LogP contribution in [0.4, 0.5) is 0 Å². The number of carbonyl (C=O) groups is 1. The number of ketones is 1. The molecule has 0 saturated heterocycles. The Morgan fingerprint density at radius 2 is 1.81 bits per heavy atom. The average Bonchev–Trinajstić information content (AvgIpc) is 2.96. The first-order chi connectivity index (χ1) is 20.1. The second kappa shape index (κ2) is 10.8. The Balaban J connectivity index is 1.64. The molecule has 214 valence electrons. The molecule has 0 radical (unpaired) electrons. The van der Waals surface area contributed by atoms with Gasteiger partial charge in [-0.2, -0.15) is 0 Å². The molecule has 0 N–H and O–H groups in total. The van der Waals surface area contributed by atoms with Gasteiger partial charge in [0.2, 0.25) is 0 Å². The number of nitrogens with zero attached hydrogens (tertiary/aromatic N) is 3. The van der Waals surface area contributed by atoms with Crippen molar-refractivity contribution in [2.75, 3.05) is 13.2 Å². The number of fused-ring (bicyclic) bond motifs is 1. The molecule has 1 aliphatic rings. The zero-order valence-corrected chi connectivity index (χ0v) is 24.9. The van der Waals surface area contributed by atoms with Crippen LogP contribution in [0.3, 0.4) is 0 Å². The van der Waals surface area contributed by atoms with Crippen molar-refractivity contribution >= 4 is 27.5 Å². The number of benzene rings is 3. The summed E-state index contributed by atoms with van der Waals surface area (Å²) in [5.74, 6) is 0.796. The Morgan fingerprint density at radius 3 is 2.52 bits per heavy atom. The number of ether oxygens (including phenoxy) is 3. The molecule has 1 unspecified atom stereocenters. The lowest BCUT2D eigenvalue weighted by Gasteiger charge is -2.30. The Hall–Kier alpha value is -4.36. The van der Waals surface area contributed by atoms with E-state index >= 15 is 0 Å². The zero-order valence-electron chi connectivity index (χ0n) is 24.9. The smallest absolute Gasteiger partial charge is 0.316 e. The molecule has 0 spiro atoms. The highest BCUT2D eigenvalue weighted by molar-refractivity contribution is 6.09. The van der Waals surface area contributed by atoms with Crippen molar-refractivity contribution in [1.82, 2.24) is 15.0 Å². The number of pyridine rings is 1. The van der Waals surface area contributed by atoms with Crippen molar-refractivity contribution in [2.24, 2.45) is 0 Å². The van der Waals surface area contributed by atoms with Crippen LogP contribution in [0.1, 0.15) is 57.4 Å². The van der Waals surface area contributed by atoms with E-state index in [2.05, 4.69) is 53.3 Å². The van der Waals surface area contributed by atoms with Crippen LogP contribution < -0.4 is 9.47 Å². The van der Waals surface area contributed by atoms with Crippen LogP contribution in [-0.4, -0.2) is 39.5 Å². The minimum atomic E-state index is -0.745. The Labute approximate surface area is 245 Å². The molecule has 2 aromatic heterocycles. The Morgan fingerprint density at radius 1 is 1.02 bits per heavy atom. The number of Topliss-reactive ketones (excluding diaryl/α,β-unsaturated/α-hetero) is 1. The van der Waals surface area contributed by atoms with E-state index in [1.165, 1.54) is 5.56 Å². The highest BCUT2D eigenvalue weighted by atomic mass is 16.5. The average molecular weight is 562 g/mol. The summed E-state index contributed by atoms with van der Waals surface area (Å²) in [5.41, 5.74) is 7.16. The summed E-state index contributed by atoms with van der Waals surface area (Å²) in [6, 6.07) is 15.0. The molecule has 1 aliphatic heterocycles. The molecule has 42 heavy (non-hydrogen) atoms. The third-order valence-corrected chi connectivity index (χ3v) is 7.56. The number of hydrogen-bond donors (Lipinski definition) is 0. The molecule has 0 aliphatic carbocycles. The van der Waals surface area contributed by atoms with Crippen molar-refractivity contribution in [3.63, 3.8) is 0 Å². The normalized spacial score (nSPS) is 13.7. The topological polar surface area (TPSA) is 83.4 Å². The molecule has 0 bridgehead atoms. The monoisotopic (exact) mass is 561 g/mol. The fraction of sp³-hybridized carbons (Fsp3) is 0.314. The van der Waals surface area contributed by atoms with Gasteiger partial charge in [-0.15, -0.1) is 0 Å². The first kappa shape index (κ1) is 27.8. The van der Waals surface area contributed by atoms with Crippen molar-refractivity contribution in [2.45, 2.75) is 59.7 Å². The third kappa shape index (κ3) is 5.09. The summed E-state index contributed by atoms with van der Waals surface area (Å²) >= 11 is 0. The molecule has 0 fully saturated rings. The van der Waals surface area contributed by atoms with E-state index in [0.29, 0.717) is 19.2 Å². The van der Waals surface area contributed by atoms with Crippen molar-refractivity contribution in [1.29, 1.82) is 0 Å². The second-order valence-corrected chi connectivity index (χ2v) is 11.7. The van der Waals surface area contributed by atoms with Gasteiger partial charge in [-0.05, 0) is 104 Å². The lowest BCUT2D eigenvalue weighted by molar-refractivity contribution is -0.138. The van der Waals surface area contributed by atoms with E-state index in [1.54, 1.807) is 19.3 Å². The first-order valence-electron chi connectivity index (χ1n) is 14.4. The summed E-state index contributed by atoms with van der Waals surface area (Å²) < 4.78 is 17.9. The molecule has 0 saturated carbocycles. The van der Waals surface area contributed by atoms with Crippen LogP contribution in [0.5, 0.6) is 11.8 Å². The number of carbonyl (C=O) groups excluding carboxylic acids is 1. The maximum absolute atomic E-state index is 13.2. The Kier molecular flexibility index (Phi) is 7.15. The summed E-state index contributed by atoms with van der Waals surface area (Å²) in [5, 5.41) is 3.07. The number of rotatable bonds is 7. The van der Waals surface area contributed by atoms with Gasteiger partial charge in [-0.1, -0.05) is 18.2 Å². The fourth-order valence-corrected chi connectivity index (χ4v) is 5.84. The summed E-state index contributed by atoms with van der Waals surface area (Å²) in [6.07, 6.45) is 5.51. The molecule has 3 aromatic carbocycles. The highest BCUT2D eigenvalue weighted by Crippen LogP contribution is 2.45. The minimum absolute atomic E-state index is 0.0456. The van der Waals surface area contributed by atoms with Crippen LogP contribution in [0.15, 0.2) is 61.1 Å². The van der Waals surface area contributed by atoms with Gasteiger partial charge in [0.05, 0.1) is 24.3 Å². The quantitative estimate of drug-likeness (QED) is 0.202. The van der Waals surface area contributed by atoms with Gasteiger partial charge in [0.15, 0.2) is 5.78 Å². The molecule has 3 heterocycles. The fourth-order valence-electron chi connectivity index (χ4n) is 5.84. The lowest BCUT2D eigenvalue weighted by atomic mass is 9.84.